The van der Waals surface area contributed by atoms with E-state index in [-0.39, 0.29) is 18.7 Å². The van der Waals surface area contributed by atoms with Gasteiger partial charge in [-0.1, -0.05) is 0 Å². The Kier molecular flexibility index (Phi) is 5.17. The quantitative estimate of drug-likeness (QED) is 0.764. The Hall–Kier alpha value is -1.82. The lowest BCUT2D eigenvalue weighted by Gasteiger charge is -2.20. The minimum absolute atomic E-state index is 0.0629. The first-order valence-corrected chi connectivity index (χ1v) is 7.09. The predicted octanol–water partition coefficient (Wildman–Crippen LogP) is 1.57. The maximum atomic E-state index is 11.9. The van der Waals surface area contributed by atoms with Gasteiger partial charge in [-0.2, -0.15) is 0 Å². The van der Waals surface area contributed by atoms with E-state index in [1.807, 2.05) is 19.1 Å². The van der Waals surface area contributed by atoms with Crippen molar-refractivity contribution in [3.05, 3.63) is 18.3 Å². The minimum Gasteiger partial charge on any atom is -0.396 e. The highest BCUT2D eigenvalue weighted by molar-refractivity contribution is 5.92. The van der Waals surface area contributed by atoms with Gasteiger partial charge in [0.2, 0.25) is 0 Å². The average Bonchev–Trinajstić information content (AvgIpc) is 2.93. The molecule has 6 nitrogen and oxygen atoms in total. The number of anilines is 2. The molecular weight excluding hydrogens is 256 g/mol. The minimum atomic E-state index is -0.264. The van der Waals surface area contributed by atoms with Gasteiger partial charge in [0.25, 0.3) is 0 Å². The summed E-state index contributed by atoms with van der Waals surface area (Å²) in [6, 6.07) is 3.34. The summed E-state index contributed by atoms with van der Waals surface area (Å²) in [5.74, 6) is 0.829. The molecule has 1 saturated heterocycles. The van der Waals surface area contributed by atoms with Crippen LogP contribution in [0.15, 0.2) is 18.3 Å². The molecule has 2 heterocycles. The molecule has 1 aliphatic heterocycles. The number of urea groups is 1. The molecule has 110 valence electrons. The monoisotopic (exact) mass is 278 g/mol. The van der Waals surface area contributed by atoms with Crippen LogP contribution >= 0.6 is 0 Å². The van der Waals surface area contributed by atoms with E-state index in [9.17, 15) is 4.79 Å². The number of nitrogens with zero attached hydrogens (tertiary/aromatic N) is 2. The summed E-state index contributed by atoms with van der Waals surface area (Å²) >= 11 is 0. The Bertz CT molecular complexity index is 447. The first-order valence-electron chi connectivity index (χ1n) is 7.09. The molecule has 0 spiro atoms. The van der Waals surface area contributed by atoms with E-state index < -0.39 is 0 Å². The first kappa shape index (κ1) is 14.6. The predicted molar refractivity (Wildman–Crippen MR) is 79.0 cm³/mol. The van der Waals surface area contributed by atoms with Crippen molar-refractivity contribution in [3.63, 3.8) is 0 Å². The molecule has 0 unspecified atom stereocenters. The summed E-state index contributed by atoms with van der Waals surface area (Å²) in [7, 11) is 0. The zero-order chi connectivity index (χ0) is 14.4. The number of nitrogens with one attached hydrogen (secondary N) is 2. The van der Waals surface area contributed by atoms with Crippen LogP contribution in [-0.4, -0.2) is 41.9 Å². The second-order valence-corrected chi connectivity index (χ2v) is 5.08. The van der Waals surface area contributed by atoms with Gasteiger partial charge in [0.15, 0.2) is 5.82 Å². The summed E-state index contributed by atoms with van der Waals surface area (Å²) in [5, 5.41) is 14.5. The Labute approximate surface area is 119 Å². The molecule has 1 aliphatic rings. The van der Waals surface area contributed by atoms with Gasteiger partial charge >= 0.3 is 6.03 Å². The number of carbonyl (C=O) groups is 1. The molecule has 0 aliphatic carbocycles. The highest BCUT2D eigenvalue weighted by Crippen LogP contribution is 2.25. The number of carbonyl (C=O) groups excluding carboxylic acids is 1. The third-order valence-corrected chi connectivity index (χ3v) is 3.38. The van der Waals surface area contributed by atoms with E-state index in [2.05, 4.69) is 20.5 Å². The number of aromatic nitrogens is 1. The van der Waals surface area contributed by atoms with Gasteiger partial charge in [-0.25, -0.2) is 9.78 Å². The molecule has 1 aromatic heterocycles. The number of hydrogen-bond donors (Lipinski definition) is 3. The van der Waals surface area contributed by atoms with Crippen LogP contribution in [0.25, 0.3) is 0 Å². The maximum absolute atomic E-state index is 11.9. The van der Waals surface area contributed by atoms with E-state index in [0.717, 1.165) is 37.4 Å². The second-order valence-electron chi connectivity index (χ2n) is 5.08. The van der Waals surface area contributed by atoms with E-state index >= 15 is 0 Å². The second kappa shape index (κ2) is 7.09. The normalized spacial score (nSPS) is 16.0. The van der Waals surface area contributed by atoms with Gasteiger partial charge in [-0.3, -0.25) is 0 Å². The lowest BCUT2D eigenvalue weighted by atomic mass is 10.2. The molecule has 6 heteroatoms. The molecule has 3 N–H and O–H groups in total. The van der Waals surface area contributed by atoms with Crippen LogP contribution in [0.4, 0.5) is 16.3 Å². The first-order chi connectivity index (χ1) is 9.70. The van der Waals surface area contributed by atoms with E-state index in [0.29, 0.717) is 6.42 Å². The summed E-state index contributed by atoms with van der Waals surface area (Å²) < 4.78 is 0. The third kappa shape index (κ3) is 3.84. The van der Waals surface area contributed by atoms with Crippen LogP contribution in [0, 0.1) is 0 Å². The van der Waals surface area contributed by atoms with Crippen molar-refractivity contribution in [2.24, 2.45) is 0 Å². The molecule has 1 atom stereocenters. The van der Waals surface area contributed by atoms with Crippen molar-refractivity contribution in [1.82, 2.24) is 10.3 Å². The van der Waals surface area contributed by atoms with Gasteiger partial charge in [0.1, 0.15) is 0 Å². The van der Waals surface area contributed by atoms with Crippen LogP contribution in [0.2, 0.25) is 0 Å². The van der Waals surface area contributed by atoms with E-state index in [1.54, 1.807) is 6.20 Å². The van der Waals surface area contributed by atoms with Crippen LogP contribution in [0.3, 0.4) is 0 Å². The number of pyridine rings is 1. The van der Waals surface area contributed by atoms with Crippen molar-refractivity contribution in [2.45, 2.75) is 32.2 Å². The molecule has 20 heavy (non-hydrogen) atoms. The summed E-state index contributed by atoms with van der Waals surface area (Å²) in [4.78, 5) is 18.5. The molecule has 0 radical (unpaired) electrons. The average molecular weight is 278 g/mol. The van der Waals surface area contributed by atoms with Gasteiger partial charge in [-0.15, -0.1) is 0 Å². The summed E-state index contributed by atoms with van der Waals surface area (Å²) in [5.41, 5.74) is 0.725. The summed E-state index contributed by atoms with van der Waals surface area (Å²) in [6.45, 7) is 3.89. The molecule has 0 bridgehead atoms. The van der Waals surface area contributed by atoms with Gasteiger partial charge < -0.3 is 20.6 Å². The van der Waals surface area contributed by atoms with Crippen LogP contribution in [0.5, 0.6) is 0 Å². The summed E-state index contributed by atoms with van der Waals surface area (Å²) in [6.07, 6.45) is 4.61. The highest BCUT2D eigenvalue weighted by Gasteiger charge is 2.18. The van der Waals surface area contributed by atoms with Crippen molar-refractivity contribution in [3.8, 4) is 0 Å². The van der Waals surface area contributed by atoms with Crippen LogP contribution in [0.1, 0.15) is 26.2 Å². The molecule has 1 fully saturated rings. The highest BCUT2D eigenvalue weighted by atomic mass is 16.3. The van der Waals surface area contributed by atoms with Crippen LogP contribution < -0.4 is 15.5 Å². The number of aliphatic hydroxyl groups excluding tert-OH is 1. The standard InChI is InChI=1S/C14H22N4O2/c1-11(6-10-19)16-14(20)17-12-5-4-7-15-13(12)18-8-2-3-9-18/h4-5,7,11,19H,2-3,6,8-10H2,1H3,(H2,16,17,20)/t11-/m1/s1. The Morgan fingerprint density at radius 2 is 2.25 bits per heavy atom. The molecule has 2 amide bonds. The Morgan fingerprint density at radius 1 is 1.50 bits per heavy atom. The molecule has 2 rings (SSSR count). The van der Waals surface area contributed by atoms with E-state index in [4.69, 9.17) is 5.11 Å². The molecule has 0 saturated carbocycles. The SMILES string of the molecule is C[C@H](CCO)NC(=O)Nc1cccnc1N1CCCC1. The smallest absolute Gasteiger partial charge is 0.319 e. The Morgan fingerprint density at radius 3 is 2.95 bits per heavy atom. The number of amides is 2. The largest absolute Gasteiger partial charge is 0.396 e. The van der Waals surface area contributed by atoms with Crippen molar-refractivity contribution >= 4 is 17.5 Å². The van der Waals surface area contributed by atoms with Gasteiger partial charge in [0.05, 0.1) is 5.69 Å². The van der Waals surface area contributed by atoms with Crippen LogP contribution in [-0.2, 0) is 0 Å². The van der Waals surface area contributed by atoms with Gasteiger partial charge in [0, 0.05) is 31.9 Å². The number of hydrogen-bond acceptors (Lipinski definition) is 4. The molecule has 1 aromatic rings. The number of aliphatic hydroxyl groups is 1. The fourth-order valence-corrected chi connectivity index (χ4v) is 2.32. The lowest BCUT2D eigenvalue weighted by Crippen LogP contribution is -2.37. The van der Waals surface area contributed by atoms with Crippen molar-refractivity contribution in [2.75, 3.05) is 29.9 Å². The van der Waals surface area contributed by atoms with Crippen molar-refractivity contribution in [1.29, 1.82) is 0 Å². The Balaban J connectivity index is 1.99. The zero-order valence-corrected chi connectivity index (χ0v) is 11.8. The maximum Gasteiger partial charge on any atom is 0.319 e. The molecule has 0 aromatic carbocycles. The number of rotatable bonds is 5. The topological polar surface area (TPSA) is 77.5 Å². The van der Waals surface area contributed by atoms with Crippen molar-refractivity contribution < 1.29 is 9.90 Å². The lowest BCUT2D eigenvalue weighted by molar-refractivity contribution is 0.241. The zero-order valence-electron chi connectivity index (χ0n) is 11.8. The molecular formula is C14H22N4O2. The van der Waals surface area contributed by atoms with E-state index in [1.165, 1.54) is 0 Å². The fraction of sp³-hybridized carbons (Fsp3) is 0.571. The third-order valence-electron chi connectivity index (χ3n) is 3.38. The fourth-order valence-electron chi connectivity index (χ4n) is 2.32. The van der Waals surface area contributed by atoms with Gasteiger partial charge in [-0.05, 0) is 38.3 Å².